The van der Waals surface area contributed by atoms with E-state index in [0.717, 1.165) is 16.0 Å². The molecule has 4 aromatic rings. The highest BCUT2D eigenvalue weighted by Crippen LogP contribution is 2.33. The number of benzene rings is 3. The van der Waals surface area contributed by atoms with Crippen LogP contribution in [0, 0.1) is 5.82 Å². The van der Waals surface area contributed by atoms with E-state index in [1.807, 2.05) is 59.3 Å². The Morgan fingerprint density at radius 3 is 2.45 bits per heavy atom. The Balaban J connectivity index is 1.50. The first-order valence-corrected chi connectivity index (χ1v) is 11.1. The molecule has 1 amide bonds. The smallest absolute Gasteiger partial charge is 0.228 e. The van der Waals surface area contributed by atoms with Crippen molar-refractivity contribution in [2.75, 3.05) is 5.32 Å². The molecule has 4 rings (SSSR count). The Labute approximate surface area is 191 Å². The van der Waals surface area contributed by atoms with Crippen molar-refractivity contribution in [1.82, 2.24) is 14.8 Å². The summed E-state index contributed by atoms with van der Waals surface area (Å²) >= 11 is 4.78. The molecule has 0 aliphatic heterocycles. The normalized spacial score (nSPS) is 10.8. The maximum absolute atomic E-state index is 13.1. The van der Waals surface area contributed by atoms with Crippen LogP contribution in [0.3, 0.4) is 0 Å². The quantitative estimate of drug-likeness (QED) is 0.363. The van der Waals surface area contributed by atoms with Gasteiger partial charge in [-0.15, -0.1) is 5.10 Å². The number of nitrogens with one attached hydrogen (secondary N) is 1. The summed E-state index contributed by atoms with van der Waals surface area (Å²) in [6, 6.07) is 23.5. The predicted octanol–water partition coefficient (Wildman–Crippen LogP) is 5.56. The summed E-state index contributed by atoms with van der Waals surface area (Å²) in [5.41, 5.74) is 2.54. The summed E-state index contributed by atoms with van der Waals surface area (Å²) in [5.74, 6) is -0.497. The van der Waals surface area contributed by atoms with E-state index in [1.54, 1.807) is 12.1 Å². The molecule has 0 atom stereocenters. The van der Waals surface area contributed by atoms with Crippen molar-refractivity contribution in [3.8, 4) is 0 Å². The number of anilines is 1. The highest BCUT2D eigenvalue weighted by molar-refractivity contribution is 9.10. The molecule has 5 nitrogen and oxygen atoms in total. The molecule has 156 valence electrons. The minimum absolute atomic E-state index is 0.162. The largest absolute Gasteiger partial charge is 0.325 e. The van der Waals surface area contributed by atoms with Crippen molar-refractivity contribution in [2.24, 2.45) is 0 Å². The van der Waals surface area contributed by atoms with E-state index in [4.69, 9.17) is 0 Å². The average molecular weight is 497 g/mol. The number of amides is 1. The van der Waals surface area contributed by atoms with Crippen LogP contribution in [0.1, 0.15) is 11.1 Å². The lowest BCUT2D eigenvalue weighted by atomic mass is 10.1. The van der Waals surface area contributed by atoms with Crippen LogP contribution < -0.4 is 5.32 Å². The minimum Gasteiger partial charge on any atom is -0.325 e. The molecule has 31 heavy (non-hydrogen) atoms. The first-order valence-electron chi connectivity index (χ1n) is 9.52. The SMILES string of the molecule is O=C(Cc1ccc(F)cc1)Nc1ccccc1Sc1nc(Br)nn1Cc1ccccc1. The lowest BCUT2D eigenvalue weighted by molar-refractivity contribution is -0.115. The van der Waals surface area contributed by atoms with Gasteiger partial charge in [0.05, 0.1) is 18.7 Å². The van der Waals surface area contributed by atoms with Crippen LogP contribution in [0.4, 0.5) is 10.1 Å². The molecule has 0 aliphatic carbocycles. The number of carbonyl (C=O) groups is 1. The van der Waals surface area contributed by atoms with Gasteiger partial charge < -0.3 is 5.32 Å². The van der Waals surface area contributed by atoms with E-state index >= 15 is 0 Å². The number of rotatable bonds is 7. The van der Waals surface area contributed by atoms with Crippen LogP contribution in [0.5, 0.6) is 0 Å². The lowest BCUT2D eigenvalue weighted by Crippen LogP contribution is -2.15. The summed E-state index contributed by atoms with van der Waals surface area (Å²) in [6.45, 7) is 0.584. The second-order valence-electron chi connectivity index (χ2n) is 6.76. The molecule has 1 heterocycles. The molecular weight excluding hydrogens is 479 g/mol. The highest BCUT2D eigenvalue weighted by Gasteiger charge is 2.14. The van der Waals surface area contributed by atoms with Gasteiger partial charge in [0.2, 0.25) is 10.6 Å². The minimum atomic E-state index is -0.323. The van der Waals surface area contributed by atoms with Crippen LogP contribution in [-0.2, 0) is 17.8 Å². The van der Waals surface area contributed by atoms with Crippen molar-refractivity contribution < 1.29 is 9.18 Å². The monoisotopic (exact) mass is 496 g/mol. The molecule has 0 radical (unpaired) electrons. The van der Waals surface area contributed by atoms with E-state index in [1.165, 1.54) is 23.9 Å². The Bertz CT molecular complexity index is 1180. The molecule has 0 bridgehead atoms. The topological polar surface area (TPSA) is 59.8 Å². The first kappa shape index (κ1) is 21.3. The van der Waals surface area contributed by atoms with Crippen molar-refractivity contribution in [1.29, 1.82) is 0 Å². The molecule has 3 aromatic carbocycles. The maximum Gasteiger partial charge on any atom is 0.228 e. The zero-order chi connectivity index (χ0) is 21.6. The van der Waals surface area contributed by atoms with E-state index in [9.17, 15) is 9.18 Å². The zero-order valence-corrected chi connectivity index (χ0v) is 18.7. The van der Waals surface area contributed by atoms with Crippen LogP contribution >= 0.6 is 27.7 Å². The summed E-state index contributed by atoms with van der Waals surface area (Å²) in [5, 5.41) is 8.09. The van der Waals surface area contributed by atoms with E-state index in [-0.39, 0.29) is 18.1 Å². The molecular formula is C23H18BrFN4OS. The number of hydrogen-bond acceptors (Lipinski definition) is 4. The molecule has 0 spiro atoms. The first-order chi connectivity index (χ1) is 15.1. The van der Waals surface area contributed by atoms with Gasteiger partial charge in [0.1, 0.15) is 5.82 Å². The second-order valence-corrected chi connectivity index (χ2v) is 8.47. The molecule has 1 aromatic heterocycles. The fraction of sp³-hybridized carbons (Fsp3) is 0.0870. The molecule has 0 aliphatic rings. The zero-order valence-electron chi connectivity index (χ0n) is 16.3. The molecule has 0 saturated heterocycles. The summed E-state index contributed by atoms with van der Waals surface area (Å²) in [6.07, 6.45) is 0.162. The molecule has 0 saturated carbocycles. The third-order valence-corrected chi connectivity index (χ3v) is 5.82. The maximum atomic E-state index is 13.1. The third kappa shape index (κ3) is 5.80. The summed E-state index contributed by atoms with van der Waals surface area (Å²) < 4.78 is 15.4. The van der Waals surface area contributed by atoms with E-state index in [2.05, 4.69) is 31.3 Å². The van der Waals surface area contributed by atoms with Gasteiger partial charge in [-0.1, -0.05) is 54.6 Å². The highest BCUT2D eigenvalue weighted by atomic mass is 79.9. The number of para-hydroxylation sites is 1. The van der Waals surface area contributed by atoms with Gasteiger partial charge in [-0.3, -0.25) is 4.79 Å². The third-order valence-electron chi connectivity index (χ3n) is 4.43. The number of aromatic nitrogens is 3. The van der Waals surface area contributed by atoms with Gasteiger partial charge >= 0.3 is 0 Å². The molecule has 0 fully saturated rings. The Kier molecular flexibility index (Phi) is 6.79. The van der Waals surface area contributed by atoms with E-state index < -0.39 is 0 Å². The molecule has 8 heteroatoms. The predicted molar refractivity (Wildman–Crippen MR) is 123 cm³/mol. The number of nitrogens with zero attached hydrogens (tertiary/aromatic N) is 3. The van der Waals surface area contributed by atoms with Crippen LogP contribution in [-0.4, -0.2) is 20.7 Å². The van der Waals surface area contributed by atoms with Crippen molar-refractivity contribution in [2.45, 2.75) is 23.0 Å². The fourth-order valence-electron chi connectivity index (χ4n) is 2.98. The van der Waals surface area contributed by atoms with Gasteiger partial charge in [0, 0.05) is 4.90 Å². The molecule has 1 N–H and O–H groups in total. The standard InChI is InChI=1S/C23H18BrFN4OS/c24-22-27-23(29(28-22)15-17-6-2-1-3-7-17)31-20-9-5-4-8-19(20)26-21(30)14-16-10-12-18(25)13-11-16/h1-13H,14-15H2,(H,26,30). The van der Waals surface area contributed by atoms with E-state index in [0.29, 0.717) is 22.1 Å². The second kappa shape index (κ2) is 9.89. The average Bonchev–Trinajstić information content (AvgIpc) is 3.10. The van der Waals surface area contributed by atoms with Crippen LogP contribution in [0.25, 0.3) is 0 Å². The van der Waals surface area contributed by atoms with Gasteiger partial charge in [-0.05, 0) is 63.1 Å². The van der Waals surface area contributed by atoms with Gasteiger partial charge in [0.15, 0.2) is 5.16 Å². The number of halogens is 2. The lowest BCUT2D eigenvalue weighted by Gasteiger charge is -2.11. The Morgan fingerprint density at radius 2 is 1.68 bits per heavy atom. The summed E-state index contributed by atoms with van der Waals surface area (Å²) in [7, 11) is 0. The van der Waals surface area contributed by atoms with Gasteiger partial charge in [-0.25, -0.2) is 9.07 Å². The summed E-state index contributed by atoms with van der Waals surface area (Å²) in [4.78, 5) is 17.9. The Hall–Kier alpha value is -2.97. The van der Waals surface area contributed by atoms with Crippen LogP contribution in [0.2, 0.25) is 0 Å². The van der Waals surface area contributed by atoms with Crippen LogP contribution in [0.15, 0.2) is 93.6 Å². The van der Waals surface area contributed by atoms with Crippen molar-refractivity contribution in [3.05, 3.63) is 101 Å². The fourth-order valence-corrected chi connectivity index (χ4v) is 4.37. The number of carbonyl (C=O) groups excluding carboxylic acids is 1. The molecule has 0 unspecified atom stereocenters. The van der Waals surface area contributed by atoms with Gasteiger partial charge in [0.25, 0.3) is 0 Å². The Morgan fingerprint density at radius 1 is 0.968 bits per heavy atom. The number of hydrogen-bond donors (Lipinski definition) is 1. The van der Waals surface area contributed by atoms with Crippen molar-refractivity contribution in [3.63, 3.8) is 0 Å². The van der Waals surface area contributed by atoms with Gasteiger partial charge in [-0.2, -0.15) is 4.98 Å². The van der Waals surface area contributed by atoms with Crippen molar-refractivity contribution >= 4 is 39.3 Å².